The van der Waals surface area contributed by atoms with E-state index in [1.807, 2.05) is 61.5 Å². The average Bonchev–Trinajstić information content (AvgIpc) is 3.39. The zero-order valence-corrected chi connectivity index (χ0v) is 21.3. The van der Waals surface area contributed by atoms with Crippen molar-refractivity contribution in [2.45, 2.75) is 13.8 Å². The minimum atomic E-state index is -0.300. The van der Waals surface area contributed by atoms with Crippen molar-refractivity contribution < 1.29 is 23.6 Å². The molecule has 2 aliphatic rings. The van der Waals surface area contributed by atoms with Crippen LogP contribution >= 0.6 is 0 Å². The summed E-state index contributed by atoms with van der Waals surface area (Å²) in [7, 11) is 0. The van der Waals surface area contributed by atoms with Crippen molar-refractivity contribution in [3.8, 4) is 17.1 Å². The fraction of sp³-hybridized carbons (Fsp3) is 0.276. The van der Waals surface area contributed by atoms with E-state index in [4.69, 9.17) is 14.0 Å². The van der Waals surface area contributed by atoms with Crippen LogP contribution in [0.25, 0.3) is 22.2 Å². The van der Waals surface area contributed by atoms with Crippen LogP contribution in [-0.4, -0.2) is 61.3 Å². The second-order valence-corrected chi connectivity index (χ2v) is 9.18. The number of rotatable bonds is 6. The Labute approximate surface area is 219 Å². The Morgan fingerprint density at radius 3 is 2.45 bits per heavy atom. The molecular formula is C29H28N4O5. The smallest absolute Gasteiger partial charge is 0.409 e. The molecule has 1 saturated heterocycles. The maximum Gasteiger partial charge on any atom is 0.409 e. The molecule has 0 atom stereocenters. The molecule has 0 spiro atoms. The zero-order valence-electron chi connectivity index (χ0n) is 21.3. The lowest BCUT2D eigenvalue weighted by Crippen LogP contribution is -2.49. The molecule has 1 N–H and O–H groups in total. The lowest BCUT2D eigenvalue weighted by atomic mass is 9.86. The first kappa shape index (κ1) is 23.8. The van der Waals surface area contributed by atoms with E-state index in [0.29, 0.717) is 72.9 Å². The number of nitrogens with zero attached hydrogens (tertiary/aromatic N) is 3. The molecule has 0 radical (unpaired) electrons. The van der Waals surface area contributed by atoms with E-state index in [9.17, 15) is 9.59 Å². The minimum Gasteiger partial charge on any atom is -0.494 e. The number of fused-ring (bicyclic) bond motifs is 2. The first-order chi connectivity index (χ1) is 18.6. The number of hydrogen-bond donors (Lipinski definition) is 1. The second-order valence-electron chi connectivity index (χ2n) is 9.18. The first-order valence-corrected chi connectivity index (χ1v) is 12.9. The Morgan fingerprint density at radius 2 is 1.74 bits per heavy atom. The molecule has 1 aliphatic carbocycles. The van der Waals surface area contributed by atoms with Crippen molar-refractivity contribution in [2.75, 3.05) is 49.6 Å². The largest absolute Gasteiger partial charge is 0.494 e. The number of hydrogen-bond acceptors (Lipinski definition) is 8. The molecular weight excluding hydrogens is 484 g/mol. The van der Waals surface area contributed by atoms with E-state index in [0.717, 1.165) is 22.7 Å². The van der Waals surface area contributed by atoms with Crippen molar-refractivity contribution in [1.82, 2.24) is 10.1 Å². The van der Waals surface area contributed by atoms with Crippen molar-refractivity contribution in [3.05, 3.63) is 65.7 Å². The lowest BCUT2D eigenvalue weighted by molar-refractivity contribution is 0.103. The first-order valence-electron chi connectivity index (χ1n) is 12.9. The van der Waals surface area contributed by atoms with Gasteiger partial charge in [-0.1, -0.05) is 29.4 Å². The maximum absolute atomic E-state index is 13.8. The molecule has 9 nitrogen and oxygen atoms in total. The van der Waals surface area contributed by atoms with Gasteiger partial charge in [-0.05, 0) is 44.2 Å². The third-order valence-corrected chi connectivity index (χ3v) is 6.97. The number of ether oxygens (including phenoxy) is 2. The number of piperazine rings is 1. The summed E-state index contributed by atoms with van der Waals surface area (Å²) in [6, 6.07) is 17.1. The Bertz CT molecular complexity index is 1520. The van der Waals surface area contributed by atoms with Crippen LogP contribution in [-0.2, 0) is 4.74 Å². The van der Waals surface area contributed by atoms with Crippen LogP contribution < -0.4 is 15.0 Å². The van der Waals surface area contributed by atoms with Gasteiger partial charge in [-0.2, -0.15) is 0 Å². The highest BCUT2D eigenvalue weighted by atomic mass is 16.6. The monoisotopic (exact) mass is 512 g/mol. The van der Waals surface area contributed by atoms with Crippen LogP contribution in [0.15, 0.2) is 59.1 Å². The Morgan fingerprint density at radius 1 is 1.00 bits per heavy atom. The van der Waals surface area contributed by atoms with Crippen LogP contribution in [0.3, 0.4) is 0 Å². The number of benzene rings is 3. The molecule has 0 unspecified atom stereocenters. The molecule has 9 heteroatoms. The van der Waals surface area contributed by atoms with E-state index < -0.39 is 0 Å². The lowest BCUT2D eigenvalue weighted by Gasteiger charge is -2.36. The van der Waals surface area contributed by atoms with Crippen molar-refractivity contribution >= 4 is 39.8 Å². The fourth-order valence-electron chi connectivity index (χ4n) is 5.18. The molecule has 194 valence electrons. The Kier molecular flexibility index (Phi) is 6.11. The third-order valence-electron chi connectivity index (χ3n) is 6.97. The van der Waals surface area contributed by atoms with Crippen LogP contribution in [0.4, 0.5) is 21.9 Å². The predicted octanol–water partition coefficient (Wildman–Crippen LogP) is 5.46. The third kappa shape index (κ3) is 4.00. The molecule has 2 heterocycles. The molecule has 0 saturated carbocycles. The SMILES string of the molecule is CCOC(=O)N1CCN(c2cc(Nc3ccc(OCC)cc3)c3c4c(onc24)-c2ccccc2C3=O)CC1. The van der Waals surface area contributed by atoms with E-state index in [1.165, 1.54) is 0 Å². The molecule has 3 aromatic carbocycles. The molecule has 0 bridgehead atoms. The number of ketones is 1. The number of nitrogens with one attached hydrogen (secondary N) is 1. The predicted molar refractivity (Wildman–Crippen MR) is 145 cm³/mol. The van der Waals surface area contributed by atoms with E-state index >= 15 is 0 Å². The van der Waals surface area contributed by atoms with Gasteiger partial charge in [0.05, 0.1) is 35.5 Å². The van der Waals surface area contributed by atoms with Crippen LogP contribution in [0.1, 0.15) is 29.8 Å². The summed E-state index contributed by atoms with van der Waals surface area (Å²) in [5.74, 6) is 1.29. The van der Waals surface area contributed by atoms with Gasteiger partial charge in [-0.3, -0.25) is 4.79 Å². The zero-order chi connectivity index (χ0) is 26.2. The summed E-state index contributed by atoms with van der Waals surface area (Å²) in [4.78, 5) is 29.9. The van der Waals surface area contributed by atoms with Crippen molar-refractivity contribution in [1.29, 1.82) is 0 Å². The summed E-state index contributed by atoms with van der Waals surface area (Å²) in [5.41, 5.74) is 4.85. The molecule has 1 aliphatic heterocycles. The highest BCUT2D eigenvalue weighted by Gasteiger charge is 2.34. The minimum absolute atomic E-state index is 0.0755. The van der Waals surface area contributed by atoms with Crippen molar-refractivity contribution in [2.24, 2.45) is 0 Å². The molecule has 1 fully saturated rings. The summed E-state index contributed by atoms with van der Waals surface area (Å²) in [6.45, 7) is 6.93. The quantitative estimate of drug-likeness (QED) is 0.320. The molecule has 6 rings (SSSR count). The van der Waals surface area contributed by atoms with E-state index in [-0.39, 0.29) is 11.9 Å². The average molecular weight is 513 g/mol. The normalized spacial score (nSPS) is 14.4. The van der Waals surface area contributed by atoms with Gasteiger partial charge in [0.25, 0.3) is 0 Å². The van der Waals surface area contributed by atoms with Gasteiger partial charge in [-0.25, -0.2) is 4.79 Å². The molecule has 1 amide bonds. The van der Waals surface area contributed by atoms with Gasteiger partial charge in [0, 0.05) is 43.0 Å². The topological polar surface area (TPSA) is 97.1 Å². The standard InChI is InChI=1S/C29H28N4O5/c1-3-36-19-11-9-18(10-12-19)30-22-17-23(32-13-15-33(16-14-32)29(35)37-4-2)26-25-24(22)27(34)20-7-5-6-8-21(20)28(25)38-31-26/h5-12,17,30H,3-4,13-16H2,1-2H3. The number of carbonyl (C=O) groups excluding carboxylic acids is 2. The molecule has 4 aromatic rings. The van der Waals surface area contributed by atoms with Gasteiger partial charge in [-0.15, -0.1) is 0 Å². The molecule has 1 aromatic heterocycles. The van der Waals surface area contributed by atoms with Crippen LogP contribution in [0.5, 0.6) is 5.75 Å². The highest BCUT2D eigenvalue weighted by Crippen LogP contribution is 2.46. The van der Waals surface area contributed by atoms with Crippen LogP contribution in [0, 0.1) is 0 Å². The number of carbonyl (C=O) groups is 2. The van der Waals surface area contributed by atoms with Crippen molar-refractivity contribution in [3.63, 3.8) is 0 Å². The van der Waals surface area contributed by atoms with Gasteiger partial charge in [0.2, 0.25) is 0 Å². The number of amides is 1. The van der Waals surface area contributed by atoms with Gasteiger partial charge in [0.1, 0.15) is 11.3 Å². The Hall–Kier alpha value is -4.53. The van der Waals surface area contributed by atoms with E-state index in [2.05, 4.69) is 15.4 Å². The summed E-state index contributed by atoms with van der Waals surface area (Å²) < 4.78 is 16.6. The Balaban J connectivity index is 1.44. The number of aromatic nitrogens is 1. The summed E-state index contributed by atoms with van der Waals surface area (Å²) >= 11 is 0. The number of anilines is 3. The second kappa shape index (κ2) is 9.74. The summed E-state index contributed by atoms with van der Waals surface area (Å²) in [5, 5.41) is 8.61. The van der Waals surface area contributed by atoms with Gasteiger partial charge in [0.15, 0.2) is 11.5 Å². The highest BCUT2D eigenvalue weighted by molar-refractivity contribution is 6.28. The molecule has 38 heavy (non-hydrogen) atoms. The fourth-order valence-corrected chi connectivity index (χ4v) is 5.18. The van der Waals surface area contributed by atoms with Gasteiger partial charge >= 0.3 is 6.09 Å². The van der Waals surface area contributed by atoms with Crippen LogP contribution in [0.2, 0.25) is 0 Å². The van der Waals surface area contributed by atoms with E-state index in [1.54, 1.807) is 11.8 Å². The maximum atomic E-state index is 13.8. The summed E-state index contributed by atoms with van der Waals surface area (Å²) in [6.07, 6.45) is -0.300. The van der Waals surface area contributed by atoms with Gasteiger partial charge < -0.3 is 29.1 Å².